The summed E-state index contributed by atoms with van der Waals surface area (Å²) in [5.41, 5.74) is 3.18. The third-order valence-electron chi connectivity index (χ3n) is 2.90. The van der Waals surface area contributed by atoms with E-state index in [1.54, 1.807) is 48.5 Å². The maximum atomic E-state index is 12.2. The summed E-state index contributed by atoms with van der Waals surface area (Å²) in [6.07, 6.45) is 2.60. The highest BCUT2D eigenvalue weighted by molar-refractivity contribution is 7.91. The van der Waals surface area contributed by atoms with E-state index in [0.29, 0.717) is 16.8 Å². The maximum Gasteiger partial charge on any atom is 0.267 e. The average molecular weight is 332 g/mol. The smallest absolute Gasteiger partial charge is 0.267 e. The Morgan fingerprint density at radius 1 is 1.09 bits per heavy atom. The normalized spacial score (nSPS) is 11.3. The van der Waals surface area contributed by atoms with E-state index in [1.165, 1.54) is 11.6 Å². The molecular weight excluding hydrogens is 316 g/mol. The Bertz CT molecular complexity index is 802. The molecule has 0 bridgehead atoms. The van der Waals surface area contributed by atoms with Crippen molar-refractivity contribution in [1.29, 1.82) is 0 Å². The summed E-state index contributed by atoms with van der Waals surface area (Å²) < 4.78 is 26.8. The molecule has 2 aromatic rings. The molecule has 0 heterocycles. The van der Waals surface area contributed by atoms with E-state index < -0.39 is 15.9 Å². The molecule has 3 N–H and O–H groups in total. The van der Waals surface area contributed by atoms with E-state index in [-0.39, 0.29) is 5.75 Å². The lowest BCUT2D eigenvalue weighted by atomic mass is 10.2. The summed E-state index contributed by atoms with van der Waals surface area (Å²) in [6, 6.07) is 15.4. The summed E-state index contributed by atoms with van der Waals surface area (Å²) in [7, 11) is -3.53. The molecule has 0 fully saturated rings. The molecule has 2 aromatic carbocycles. The van der Waals surface area contributed by atoms with Crippen LogP contribution < -0.4 is 10.2 Å². The first-order chi connectivity index (χ1) is 11.0. The number of carbonyl (C=O) groups is 1. The number of amides is 1. The minimum absolute atomic E-state index is 0.124. The number of sulfonamides is 1. The number of benzene rings is 2. The van der Waals surface area contributed by atoms with Crippen LogP contribution in [0.4, 0.5) is 5.69 Å². The fourth-order valence-corrected chi connectivity index (χ4v) is 3.11. The Morgan fingerprint density at radius 3 is 2.52 bits per heavy atom. The molecule has 0 saturated carbocycles. The van der Waals surface area contributed by atoms with Crippen molar-refractivity contribution in [3.8, 4) is 0 Å². The lowest BCUT2D eigenvalue weighted by molar-refractivity contribution is -0.124. The first-order valence-electron chi connectivity index (χ1n) is 6.75. The van der Waals surface area contributed by atoms with Crippen LogP contribution in [0, 0.1) is 0 Å². The summed E-state index contributed by atoms with van der Waals surface area (Å²) in [5, 5.41) is 8.42. The van der Waals surface area contributed by atoms with Gasteiger partial charge in [0.15, 0.2) is 0 Å². The molecule has 2 rings (SSSR count). The van der Waals surface area contributed by atoms with Crippen molar-refractivity contribution in [2.24, 2.45) is 0 Å². The van der Waals surface area contributed by atoms with E-state index in [4.69, 9.17) is 5.21 Å². The number of hydroxylamine groups is 1. The number of anilines is 1. The monoisotopic (exact) mass is 332 g/mol. The van der Waals surface area contributed by atoms with Gasteiger partial charge in [0.05, 0.1) is 5.75 Å². The highest BCUT2D eigenvalue weighted by Gasteiger charge is 2.11. The molecule has 0 aliphatic carbocycles. The van der Waals surface area contributed by atoms with Crippen LogP contribution in [0.2, 0.25) is 0 Å². The number of hydrogen-bond donors (Lipinski definition) is 3. The summed E-state index contributed by atoms with van der Waals surface area (Å²) in [6.45, 7) is 0. The topological polar surface area (TPSA) is 95.5 Å². The second-order valence-electron chi connectivity index (χ2n) is 4.78. The highest BCUT2D eigenvalue weighted by atomic mass is 32.2. The summed E-state index contributed by atoms with van der Waals surface area (Å²) in [4.78, 5) is 10.9. The van der Waals surface area contributed by atoms with Crippen LogP contribution in [0.1, 0.15) is 11.1 Å². The highest BCUT2D eigenvalue weighted by Crippen LogP contribution is 2.15. The van der Waals surface area contributed by atoms with E-state index >= 15 is 0 Å². The Kier molecular flexibility index (Phi) is 5.51. The number of carbonyl (C=O) groups excluding carboxylic acids is 1. The van der Waals surface area contributed by atoms with Gasteiger partial charge in [-0.25, -0.2) is 13.9 Å². The predicted molar refractivity (Wildman–Crippen MR) is 88.1 cm³/mol. The van der Waals surface area contributed by atoms with Gasteiger partial charge in [-0.15, -0.1) is 0 Å². The van der Waals surface area contributed by atoms with Crippen molar-refractivity contribution in [2.45, 2.75) is 5.75 Å². The lowest BCUT2D eigenvalue weighted by Gasteiger charge is -2.08. The minimum Gasteiger partial charge on any atom is -0.288 e. The minimum atomic E-state index is -3.53. The van der Waals surface area contributed by atoms with Gasteiger partial charge in [-0.3, -0.25) is 14.7 Å². The van der Waals surface area contributed by atoms with Gasteiger partial charge in [0.2, 0.25) is 10.0 Å². The zero-order chi connectivity index (χ0) is 16.7. The molecule has 0 saturated heterocycles. The molecule has 0 atom stereocenters. The number of nitrogens with one attached hydrogen (secondary N) is 2. The van der Waals surface area contributed by atoms with Crippen molar-refractivity contribution in [1.82, 2.24) is 5.48 Å². The van der Waals surface area contributed by atoms with Crippen LogP contribution in [0.5, 0.6) is 0 Å². The van der Waals surface area contributed by atoms with Gasteiger partial charge in [0.25, 0.3) is 5.91 Å². The van der Waals surface area contributed by atoms with Crippen LogP contribution in [-0.4, -0.2) is 19.5 Å². The van der Waals surface area contributed by atoms with Gasteiger partial charge < -0.3 is 0 Å². The molecule has 0 aliphatic heterocycles. The van der Waals surface area contributed by atoms with Crippen molar-refractivity contribution in [2.75, 3.05) is 4.72 Å². The molecule has 0 aromatic heterocycles. The summed E-state index contributed by atoms with van der Waals surface area (Å²) in [5.74, 6) is -0.791. The quantitative estimate of drug-likeness (QED) is 0.429. The molecular formula is C16H16N2O4S. The first-order valence-corrected chi connectivity index (χ1v) is 8.40. The Hall–Kier alpha value is -2.64. The third kappa shape index (κ3) is 5.57. The Labute approximate surface area is 134 Å². The number of hydrogen-bond acceptors (Lipinski definition) is 4. The Morgan fingerprint density at radius 2 is 1.83 bits per heavy atom. The largest absolute Gasteiger partial charge is 0.288 e. The predicted octanol–water partition coefficient (Wildman–Crippen LogP) is 2.15. The first kappa shape index (κ1) is 16.7. The van der Waals surface area contributed by atoms with Crippen molar-refractivity contribution in [3.63, 3.8) is 0 Å². The molecule has 0 unspecified atom stereocenters. The van der Waals surface area contributed by atoms with Gasteiger partial charge >= 0.3 is 0 Å². The van der Waals surface area contributed by atoms with Crippen LogP contribution in [-0.2, 0) is 20.6 Å². The number of rotatable bonds is 6. The standard InChI is InChI=1S/C16H16N2O4S/c19-16(17-20)10-9-13-7-4-8-15(11-13)18-23(21,22)12-14-5-2-1-3-6-14/h1-11,18,20H,12H2,(H,17,19)/b10-9+. The van der Waals surface area contributed by atoms with Crippen molar-refractivity contribution < 1.29 is 18.4 Å². The molecule has 23 heavy (non-hydrogen) atoms. The fourth-order valence-electron chi connectivity index (χ4n) is 1.92. The van der Waals surface area contributed by atoms with Crippen LogP contribution >= 0.6 is 0 Å². The summed E-state index contributed by atoms with van der Waals surface area (Å²) >= 11 is 0. The average Bonchev–Trinajstić information content (AvgIpc) is 2.53. The van der Waals surface area contributed by atoms with E-state index in [9.17, 15) is 13.2 Å². The SMILES string of the molecule is O=C(/C=C/c1cccc(NS(=O)(=O)Cc2ccccc2)c1)NO. The molecule has 0 aliphatic rings. The molecule has 1 amide bonds. The molecule has 7 heteroatoms. The Balaban J connectivity index is 2.10. The second kappa shape index (κ2) is 7.57. The van der Waals surface area contributed by atoms with E-state index in [2.05, 4.69) is 4.72 Å². The zero-order valence-electron chi connectivity index (χ0n) is 12.1. The van der Waals surface area contributed by atoms with E-state index in [0.717, 1.165) is 6.08 Å². The van der Waals surface area contributed by atoms with Crippen LogP contribution in [0.25, 0.3) is 6.08 Å². The lowest BCUT2D eigenvalue weighted by Crippen LogP contribution is -2.15. The molecule has 0 spiro atoms. The van der Waals surface area contributed by atoms with Crippen molar-refractivity contribution in [3.05, 3.63) is 71.8 Å². The van der Waals surface area contributed by atoms with Crippen LogP contribution in [0.15, 0.2) is 60.7 Å². The van der Waals surface area contributed by atoms with Gasteiger partial charge in [0, 0.05) is 11.8 Å². The third-order valence-corrected chi connectivity index (χ3v) is 4.16. The van der Waals surface area contributed by atoms with Crippen molar-refractivity contribution >= 4 is 27.7 Å². The molecule has 6 nitrogen and oxygen atoms in total. The van der Waals surface area contributed by atoms with Gasteiger partial charge in [-0.05, 0) is 29.3 Å². The van der Waals surface area contributed by atoms with Crippen LogP contribution in [0.3, 0.4) is 0 Å². The van der Waals surface area contributed by atoms with E-state index in [1.807, 2.05) is 6.07 Å². The zero-order valence-corrected chi connectivity index (χ0v) is 13.0. The van der Waals surface area contributed by atoms with Gasteiger partial charge in [-0.1, -0.05) is 42.5 Å². The van der Waals surface area contributed by atoms with Gasteiger partial charge in [-0.2, -0.15) is 0 Å². The molecule has 0 radical (unpaired) electrons. The fraction of sp³-hybridized carbons (Fsp3) is 0.0625. The molecule has 120 valence electrons. The maximum absolute atomic E-state index is 12.2. The van der Waals surface area contributed by atoms with Gasteiger partial charge in [0.1, 0.15) is 0 Å². The second-order valence-corrected chi connectivity index (χ2v) is 6.50.